The van der Waals surface area contributed by atoms with Gasteiger partial charge < -0.3 is 18.5 Å². The van der Waals surface area contributed by atoms with Gasteiger partial charge in [-0.05, 0) is 25.7 Å². The molecule has 0 aromatic rings. The lowest BCUT2D eigenvalue weighted by Gasteiger charge is -2.54. The molecule has 7 heteroatoms. The van der Waals surface area contributed by atoms with Gasteiger partial charge in [-0.2, -0.15) is 0 Å². The SMILES string of the molecule is CCCCCCCCCC(=O)C(O[PH-])(C(=O)CCCCCCCCC)C(C(=O)CCCCCCCCC)(C(=O)CCCCCCCCC)[N+](C)(C)C. The van der Waals surface area contributed by atoms with Crippen LogP contribution in [0.4, 0.5) is 0 Å². The largest absolute Gasteiger partial charge is 0.540 e. The summed E-state index contributed by atoms with van der Waals surface area (Å²) in [5.41, 5.74) is -4.20. The summed E-state index contributed by atoms with van der Waals surface area (Å²) in [4.78, 5) is 59.7. The van der Waals surface area contributed by atoms with Crippen LogP contribution < -0.4 is 0 Å². The molecular formula is C45H86NO5P. The van der Waals surface area contributed by atoms with Gasteiger partial charge in [-0.15, -0.1) is 0 Å². The first-order chi connectivity index (χ1) is 25.0. The van der Waals surface area contributed by atoms with E-state index in [1.54, 1.807) is 0 Å². The second kappa shape index (κ2) is 31.3. The normalized spacial score (nSPS) is 12.4. The molecule has 0 fully saturated rings. The van der Waals surface area contributed by atoms with Crippen molar-refractivity contribution >= 4 is 32.6 Å². The Morgan fingerprint density at radius 2 is 0.596 bits per heavy atom. The zero-order chi connectivity index (χ0) is 39.1. The molecule has 306 valence electrons. The molecular weight excluding hydrogens is 665 g/mol. The molecule has 0 rings (SSSR count). The van der Waals surface area contributed by atoms with E-state index in [-0.39, 0.29) is 41.7 Å². The topological polar surface area (TPSA) is 77.5 Å². The molecule has 0 atom stereocenters. The maximum absolute atomic E-state index is 15.0. The van der Waals surface area contributed by atoms with Crippen LogP contribution in [0.1, 0.15) is 233 Å². The van der Waals surface area contributed by atoms with E-state index in [1.165, 1.54) is 77.0 Å². The van der Waals surface area contributed by atoms with Crippen molar-refractivity contribution in [1.82, 2.24) is 0 Å². The quantitative estimate of drug-likeness (QED) is 0.0270. The highest BCUT2D eigenvalue weighted by atomic mass is 31.0. The summed E-state index contributed by atoms with van der Waals surface area (Å²) < 4.78 is 5.95. The molecule has 52 heavy (non-hydrogen) atoms. The van der Waals surface area contributed by atoms with Gasteiger partial charge in [0.05, 0.1) is 21.1 Å². The van der Waals surface area contributed by atoms with Crippen molar-refractivity contribution in [2.45, 2.75) is 244 Å². The molecule has 0 saturated carbocycles. The van der Waals surface area contributed by atoms with E-state index in [0.717, 1.165) is 77.0 Å². The zero-order valence-corrected chi connectivity index (χ0v) is 36.6. The molecule has 0 aromatic heterocycles. The summed E-state index contributed by atoms with van der Waals surface area (Å²) in [5, 5.41) is 0. The number of unbranched alkanes of at least 4 members (excludes halogenated alkanes) is 24. The third-order valence-corrected chi connectivity index (χ3v) is 11.6. The van der Waals surface area contributed by atoms with Gasteiger partial charge in [0.15, 0.2) is 11.6 Å². The summed E-state index contributed by atoms with van der Waals surface area (Å²) in [5.74, 6) is -1.48. The molecule has 0 aromatic carbocycles. The van der Waals surface area contributed by atoms with Crippen molar-refractivity contribution in [3.05, 3.63) is 0 Å². The number of likely N-dealkylation sites (N-methyl/N-ethyl adjacent to an activating group) is 1. The minimum Gasteiger partial charge on any atom is -0.540 e. The molecule has 0 heterocycles. The Kier molecular flexibility index (Phi) is 30.7. The van der Waals surface area contributed by atoms with Gasteiger partial charge in [-0.1, -0.05) is 182 Å². The Bertz CT molecular complexity index is 882. The Morgan fingerprint density at radius 3 is 0.808 bits per heavy atom. The minimum atomic E-state index is -2.22. The van der Waals surface area contributed by atoms with Crippen molar-refractivity contribution in [1.29, 1.82) is 0 Å². The van der Waals surface area contributed by atoms with E-state index < -0.39 is 22.7 Å². The van der Waals surface area contributed by atoms with Crippen molar-refractivity contribution in [2.24, 2.45) is 0 Å². The average Bonchev–Trinajstić information content (AvgIpc) is 3.11. The second-order valence-corrected chi connectivity index (χ2v) is 16.9. The van der Waals surface area contributed by atoms with E-state index in [0.29, 0.717) is 25.7 Å². The fourth-order valence-corrected chi connectivity index (χ4v) is 8.58. The maximum Gasteiger partial charge on any atom is 0.257 e. The van der Waals surface area contributed by atoms with Crippen LogP contribution in [-0.4, -0.2) is 59.9 Å². The van der Waals surface area contributed by atoms with E-state index in [1.807, 2.05) is 21.1 Å². The van der Waals surface area contributed by atoms with E-state index in [2.05, 4.69) is 37.2 Å². The highest BCUT2D eigenvalue weighted by molar-refractivity contribution is 7.10. The van der Waals surface area contributed by atoms with Crippen LogP contribution in [0.15, 0.2) is 0 Å². The van der Waals surface area contributed by atoms with Gasteiger partial charge in [0, 0.05) is 25.7 Å². The van der Waals surface area contributed by atoms with Crippen molar-refractivity contribution in [3.8, 4) is 0 Å². The van der Waals surface area contributed by atoms with E-state index in [4.69, 9.17) is 4.52 Å². The van der Waals surface area contributed by atoms with Crippen LogP contribution in [0.25, 0.3) is 0 Å². The van der Waals surface area contributed by atoms with Gasteiger partial charge in [0.1, 0.15) is 0 Å². The Hall–Kier alpha value is -0.970. The number of hydrogen-bond acceptors (Lipinski definition) is 5. The molecule has 0 bridgehead atoms. The van der Waals surface area contributed by atoms with Gasteiger partial charge in [-0.25, -0.2) is 0 Å². The van der Waals surface area contributed by atoms with Crippen LogP contribution in [0.2, 0.25) is 0 Å². The third kappa shape index (κ3) is 17.7. The van der Waals surface area contributed by atoms with Crippen molar-refractivity contribution < 1.29 is 28.2 Å². The number of nitrogens with zero attached hydrogens (tertiary/aromatic N) is 1. The summed E-state index contributed by atoms with van der Waals surface area (Å²) in [7, 11) is 8.72. The van der Waals surface area contributed by atoms with Crippen LogP contribution in [0.3, 0.4) is 0 Å². The number of ketones is 4. The highest BCUT2D eigenvalue weighted by Gasteiger charge is 2.73. The fraction of sp³-hybridized carbons (Fsp3) is 0.911. The molecule has 0 N–H and O–H groups in total. The monoisotopic (exact) mass is 752 g/mol. The second-order valence-electron chi connectivity index (χ2n) is 16.7. The number of hydrogen-bond donors (Lipinski definition) is 0. The predicted molar refractivity (Wildman–Crippen MR) is 223 cm³/mol. The van der Waals surface area contributed by atoms with Crippen LogP contribution in [-0.2, 0) is 23.7 Å². The number of carbonyl (C=O) groups is 4. The van der Waals surface area contributed by atoms with E-state index in [9.17, 15) is 9.59 Å². The summed E-state index contributed by atoms with van der Waals surface area (Å²) in [6.45, 7) is 8.81. The van der Waals surface area contributed by atoms with Gasteiger partial charge in [0.2, 0.25) is 17.2 Å². The molecule has 0 aliphatic heterocycles. The first-order valence-electron chi connectivity index (χ1n) is 22.3. The third-order valence-electron chi connectivity index (χ3n) is 11.3. The van der Waals surface area contributed by atoms with Gasteiger partial charge in [-0.3, -0.25) is 19.2 Å². The molecule has 0 aliphatic carbocycles. The standard InChI is InChI=1S/C45H86NO5P/c1-8-12-16-20-24-28-32-36-40(47)44(46(5,6)7,41(48)37-33-29-25-21-17-13-9-2)45(51-52,42(49)38-34-30-26-22-18-14-10-3)43(50)39-35-31-27-23-19-15-11-4/h52H,8-39H2,1-7H3. The van der Waals surface area contributed by atoms with Crippen LogP contribution in [0, 0.1) is 0 Å². The van der Waals surface area contributed by atoms with Gasteiger partial charge >= 0.3 is 0 Å². The van der Waals surface area contributed by atoms with Crippen molar-refractivity contribution in [3.63, 3.8) is 0 Å². The lowest BCUT2D eigenvalue weighted by Crippen LogP contribution is -2.82. The number of carbonyl (C=O) groups excluding carboxylic acids is 4. The molecule has 0 aliphatic rings. The highest BCUT2D eigenvalue weighted by Crippen LogP contribution is 2.44. The Balaban J connectivity index is 6.74. The summed E-state index contributed by atoms with van der Waals surface area (Å²) in [6.07, 6.45) is 29.4. The number of Topliss-reactive ketones (excluding diaryl/α,β-unsaturated/α-hetero) is 4. The smallest absolute Gasteiger partial charge is 0.257 e. The molecule has 0 radical (unpaired) electrons. The summed E-state index contributed by atoms with van der Waals surface area (Å²) in [6, 6.07) is 0. The molecule has 0 amide bonds. The van der Waals surface area contributed by atoms with Crippen molar-refractivity contribution in [2.75, 3.05) is 21.1 Å². The zero-order valence-electron chi connectivity index (χ0n) is 35.6. The average molecular weight is 752 g/mol. The van der Waals surface area contributed by atoms with Crippen LogP contribution in [0.5, 0.6) is 0 Å². The fourth-order valence-electron chi connectivity index (χ4n) is 8.20. The van der Waals surface area contributed by atoms with Gasteiger partial charge in [0.25, 0.3) is 5.54 Å². The molecule has 6 nitrogen and oxygen atoms in total. The van der Waals surface area contributed by atoms with Crippen LogP contribution >= 0.6 is 9.47 Å². The molecule has 0 saturated heterocycles. The first kappa shape index (κ1) is 51.0. The lowest BCUT2D eigenvalue weighted by atomic mass is 9.63. The predicted octanol–water partition coefficient (Wildman–Crippen LogP) is 13.1. The molecule has 0 unspecified atom stereocenters. The Labute approximate surface area is 325 Å². The number of quaternary nitrogens is 1. The Morgan fingerprint density at radius 1 is 0.385 bits per heavy atom. The molecule has 0 spiro atoms. The minimum absolute atomic E-state index is 0.109. The van der Waals surface area contributed by atoms with E-state index >= 15 is 9.59 Å². The lowest BCUT2D eigenvalue weighted by molar-refractivity contribution is -0.907. The summed E-state index contributed by atoms with van der Waals surface area (Å²) >= 11 is 0. The maximum atomic E-state index is 15.0. The number of rotatable bonds is 39. The first-order valence-corrected chi connectivity index (χ1v) is 22.7.